The number of anilines is 1. The van der Waals surface area contributed by atoms with Crippen LogP contribution in [0.3, 0.4) is 0 Å². The standard InChI is InChI=1S/C12H16F3NO2S/c1-8(2)6-19(17,18)7-9-3-4-10(16)5-11(9)12(13,14)15/h3-5,8H,6-7,16H2,1-2H3. The molecule has 1 rings (SSSR count). The first kappa shape index (κ1) is 15.8. The topological polar surface area (TPSA) is 60.2 Å². The van der Waals surface area contributed by atoms with Crippen LogP contribution in [0.15, 0.2) is 18.2 Å². The van der Waals surface area contributed by atoms with Crippen LogP contribution in [0.2, 0.25) is 0 Å². The Morgan fingerprint density at radius 3 is 2.32 bits per heavy atom. The number of alkyl halides is 3. The van der Waals surface area contributed by atoms with E-state index in [1.807, 2.05) is 0 Å². The minimum Gasteiger partial charge on any atom is -0.399 e. The van der Waals surface area contributed by atoms with Gasteiger partial charge in [0, 0.05) is 5.69 Å². The average Bonchev–Trinajstić information content (AvgIpc) is 2.16. The summed E-state index contributed by atoms with van der Waals surface area (Å²) >= 11 is 0. The highest BCUT2D eigenvalue weighted by atomic mass is 32.2. The fourth-order valence-electron chi connectivity index (χ4n) is 1.79. The van der Waals surface area contributed by atoms with E-state index in [-0.39, 0.29) is 22.9 Å². The molecule has 0 fully saturated rings. The van der Waals surface area contributed by atoms with E-state index < -0.39 is 27.3 Å². The predicted octanol–water partition coefficient (Wildman–Crippen LogP) is 2.86. The second kappa shape index (κ2) is 5.40. The highest BCUT2D eigenvalue weighted by Crippen LogP contribution is 2.34. The van der Waals surface area contributed by atoms with Crippen LogP contribution in [0.5, 0.6) is 0 Å². The number of halogens is 3. The smallest absolute Gasteiger partial charge is 0.399 e. The number of nitrogens with two attached hydrogens (primary N) is 1. The summed E-state index contributed by atoms with van der Waals surface area (Å²) in [7, 11) is -3.57. The quantitative estimate of drug-likeness (QED) is 0.869. The molecule has 0 radical (unpaired) electrons. The van der Waals surface area contributed by atoms with Gasteiger partial charge in [0.2, 0.25) is 0 Å². The van der Waals surface area contributed by atoms with Crippen LogP contribution in [-0.2, 0) is 21.8 Å². The Balaban J connectivity index is 3.15. The molecular formula is C12H16F3NO2S. The van der Waals surface area contributed by atoms with E-state index >= 15 is 0 Å². The van der Waals surface area contributed by atoms with E-state index in [0.29, 0.717) is 0 Å². The van der Waals surface area contributed by atoms with E-state index in [2.05, 4.69) is 0 Å². The van der Waals surface area contributed by atoms with Gasteiger partial charge in [-0.3, -0.25) is 0 Å². The Morgan fingerprint density at radius 2 is 1.84 bits per heavy atom. The van der Waals surface area contributed by atoms with Gasteiger partial charge in [-0.05, 0) is 23.6 Å². The van der Waals surface area contributed by atoms with E-state index in [4.69, 9.17) is 5.73 Å². The number of hydrogen-bond acceptors (Lipinski definition) is 3. The number of rotatable bonds is 4. The summed E-state index contributed by atoms with van der Waals surface area (Å²) in [6.45, 7) is 3.40. The minimum absolute atomic E-state index is 0.0441. The molecule has 108 valence electrons. The number of nitrogen functional groups attached to an aromatic ring is 1. The van der Waals surface area contributed by atoms with Crippen LogP contribution >= 0.6 is 0 Å². The summed E-state index contributed by atoms with van der Waals surface area (Å²) in [5.74, 6) is -0.900. The summed E-state index contributed by atoms with van der Waals surface area (Å²) in [5.41, 5.74) is 4.03. The van der Waals surface area contributed by atoms with Crippen molar-refractivity contribution in [1.29, 1.82) is 0 Å². The molecule has 1 aromatic carbocycles. The lowest BCUT2D eigenvalue weighted by molar-refractivity contribution is -0.138. The van der Waals surface area contributed by atoms with Crippen LogP contribution in [0.25, 0.3) is 0 Å². The maximum Gasteiger partial charge on any atom is 0.416 e. The molecule has 0 saturated heterocycles. The number of hydrogen-bond donors (Lipinski definition) is 1. The van der Waals surface area contributed by atoms with Crippen molar-refractivity contribution in [3.05, 3.63) is 29.3 Å². The van der Waals surface area contributed by atoms with Gasteiger partial charge >= 0.3 is 6.18 Å². The molecule has 2 N–H and O–H groups in total. The van der Waals surface area contributed by atoms with Crippen LogP contribution in [0, 0.1) is 5.92 Å². The molecule has 3 nitrogen and oxygen atoms in total. The lowest BCUT2D eigenvalue weighted by Crippen LogP contribution is -2.17. The summed E-state index contributed by atoms with van der Waals surface area (Å²) < 4.78 is 62.0. The van der Waals surface area contributed by atoms with Crippen molar-refractivity contribution in [2.45, 2.75) is 25.8 Å². The van der Waals surface area contributed by atoms with Gasteiger partial charge < -0.3 is 5.73 Å². The van der Waals surface area contributed by atoms with Gasteiger partial charge in [-0.25, -0.2) is 8.42 Å². The molecule has 0 spiro atoms. The molecule has 0 unspecified atom stereocenters. The van der Waals surface area contributed by atoms with Gasteiger partial charge in [0.1, 0.15) is 0 Å². The number of benzene rings is 1. The van der Waals surface area contributed by atoms with Crippen LogP contribution in [-0.4, -0.2) is 14.2 Å². The first-order chi connectivity index (χ1) is 8.51. The predicted molar refractivity (Wildman–Crippen MR) is 68.2 cm³/mol. The SMILES string of the molecule is CC(C)CS(=O)(=O)Cc1ccc(N)cc1C(F)(F)F. The molecule has 0 aliphatic rings. The van der Waals surface area contributed by atoms with E-state index in [1.54, 1.807) is 13.8 Å². The highest BCUT2D eigenvalue weighted by molar-refractivity contribution is 7.90. The van der Waals surface area contributed by atoms with Crippen molar-refractivity contribution >= 4 is 15.5 Å². The van der Waals surface area contributed by atoms with Crippen LogP contribution in [0.1, 0.15) is 25.0 Å². The Morgan fingerprint density at radius 1 is 1.26 bits per heavy atom. The zero-order chi connectivity index (χ0) is 14.8. The average molecular weight is 295 g/mol. The van der Waals surface area contributed by atoms with Gasteiger partial charge in [0.05, 0.1) is 17.1 Å². The Labute approximate surface area is 110 Å². The zero-order valence-corrected chi connectivity index (χ0v) is 11.5. The van der Waals surface area contributed by atoms with Gasteiger partial charge in [-0.2, -0.15) is 13.2 Å². The Kier molecular flexibility index (Phi) is 4.50. The zero-order valence-electron chi connectivity index (χ0n) is 10.7. The molecule has 0 atom stereocenters. The van der Waals surface area contributed by atoms with Crippen LogP contribution in [0.4, 0.5) is 18.9 Å². The molecule has 1 aromatic rings. The van der Waals surface area contributed by atoms with Crippen molar-refractivity contribution < 1.29 is 21.6 Å². The summed E-state index contributed by atoms with van der Waals surface area (Å²) in [6.07, 6.45) is -4.61. The third-order valence-corrected chi connectivity index (χ3v) is 4.33. The molecule has 0 saturated carbocycles. The van der Waals surface area contributed by atoms with Crippen LogP contribution < -0.4 is 5.73 Å². The molecule has 0 bridgehead atoms. The summed E-state index contributed by atoms with van der Waals surface area (Å²) in [6, 6.07) is 3.16. The highest BCUT2D eigenvalue weighted by Gasteiger charge is 2.34. The van der Waals surface area contributed by atoms with Crippen molar-refractivity contribution in [3.63, 3.8) is 0 Å². The van der Waals surface area contributed by atoms with Crippen molar-refractivity contribution in [1.82, 2.24) is 0 Å². The van der Waals surface area contributed by atoms with Crippen molar-refractivity contribution in [2.75, 3.05) is 11.5 Å². The summed E-state index contributed by atoms with van der Waals surface area (Å²) in [4.78, 5) is 0. The maximum absolute atomic E-state index is 12.8. The molecule has 0 amide bonds. The lowest BCUT2D eigenvalue weighted by atomic mass is 10.1. The van der Waals surface area contributed by atoms with Gasteiger partial charge in [-0.15, -0.1) is 0 Å². The normalized spacial score (nSPS) is 12.9. The third kappa shape index (κ3) is 4.74. The fourth-order valence-corrected chi connectivity index (χ4v) is 3.65. The van der Waals surface area contributed by atoms with Gasteiger partial charge in [0.15, 0.2) is 9.84 Å². The molecule has 0 aliphatic carbocycles. The Bertz CT molecular complexity index is 551. The Hall–Kier alpha value is -1.24. The minimum atomic E-state index is -4.61. The van der Waals surface area contributed by atoms with E-state index in [9.17, 15) is 21.6 Å². The molecule has 0 aromatic heterocycles. The van der Waals surface area contributed by atoms with Crippen molar-refractivity contribution in [3.8, 4) is 0 Å². The molecule has 0 aliphatic heterocycles. The molecular weight excluding hydrogens is 279 g/mol. The molecule has 0 heterocycles. The summed E-state index contributed by atoms with van der Waals surface area (Å²) in [5, 5.41) is 0. The first-order valence-corrected chi connectivity index (χ1v) is 7.49. The van der Waals surface area contributed by atoms with E-state index in [0.717, 1.165) is 12.1 Å². The third-order valence-electron chi connectivity index (χ3n) is 2.40. The van der Waals surface area contributed by atoms with Gasteiger partial charge in [-0.1, -0.05) is 19.9 Å². The molecule has 19 heavy (non-hydrogen) atoms. The largest absolute Gasteiger partial charge is 0.416 e. The second-order valence-electron chi connectivity index (χ2n) is 4.86. The lowest BCUT2D eigenvalue weighted by Gasteiger charge is -2.14. The van der Waals surface area contributed by atoms with Gasteiger partial charge in [0.25, 0.3) is 0 Å². The maximum atomic E-state index is 12.8. The second-order valence-corrected chi connectivity index (χ2v) is 6.97. The monoisotopic (exact) mass is 295 g/mol. The van der Waals surface area contributed by atoms with E-state index in [1.165, 1.54) is 6.07 Å². The first-order valence-electron chi connectivity index (χ1n) is 5.67. The van der Waals surface area contributed by atoms with Crippen molar-refractivity contribution in [2.24, 2.45) is 5.92 Å². The fraction of sp³-hybridized carbons (Fsp3) is 0.500. The molecule has 7 heteroatoms. The number of sulfone groups is 1.